The van der Waals surface area contributed by atoms with Gasteiger partial charge in [-0.3, -0.25) is 0 Å². The summed E-state index contributed by atoms with van der Waals surface area (Å²) >= 11 is 6.41. The van der Waals surface area contributed by atoms with Gasteiger partial charge in [-0.25, -0.2) is 13.1 Å². The number of benzene rings is 1. The lowest BCUT2D eigenvalue weighted by Gasteiger charge is -2.15. The molecule has 0 amide bonds. The molecule has 1 aromatic carbocycles. The minimum absolute atomic E-state index is 0.274. The SMILES string of the molecule is CSc1ccc(C(C)NS(=O)(=O)c2cc(Br)sc2C)cc1. The Morgan fingerprint density at radius 1 is 1.29 bits per heavy atom. The summed E-state index contributed by atoms with van der Waals surface area (Å²) in [4.78, 5) is 2.28. The summed E-state index contributed by atoms with van der Waals surface area (Å²) in [5.74, 6) is 0. The second-order valence-electron chi connectivity index (χ2n) is 4.59. The lowest BCUT2D eigenvalue weighted by molar-refractivity contribution is 0.566. The van der Waals surface area contributed by atoms with Crippen LogP contribution in [0.25, 0.3) is 0 Å². The van der Waals surface area contributed by atoms with Crippen LogP contribution in [-0.2, 0) is 10.0 Å². The van der Waals surface area contributed by atoms with Crippen molar-refractivity contribution in [3.8, 4) is 0 Å². The minimum Gasteiger partial charge on any atom is -0.207 e. The number of hydrogen-bond donors (Lipinski definition) is 1. The lowest BCUT2D eigenvalue weighted by Crippen LogP contribution is -2.27. The van der Waals surface area contributed by atoms with Crippen LogP contribution in [0, 0.1) is 6.92 Å². The standard InChI is InChI=1S/C14H16BrNO2S3/c1-9(11-4-6-12(19-3)7-5-11)16-21(17,18)13-8-14(15)20-10(13)2/h4-9,16H,1-3H3. The molecule has 0 saturated carbocycles. The Morgan fingerprint density at radius 3 is 2.38 bits per heavy atom. The minimum atomic E-state index is -3.51. The highest BCUT2D eigenvalue weighted by Crippen LogP contribution is 2.30. The number of thioether (sulfide) groups is 1. The first-order valence-corrected chi connectivity index (χ1v) is 10.6. The van der Waals surface area contributed by atoms with Gasteiger partial charge in [-0.15, -0.1) is 23.1 Å². The Bertz CT molecular complexity index is 723. The maximum atomic E-state index is 12.4. The summed E-state index contributed by atoms with van der Waals surface area (Å²) in [7, 11) is -3.51. The first-order chi connectivity index (χ1) is 9.83. The molecule has 2 aromatic rings. The van der Waals surface area contributed by atoms with Crippen molar-refractivity contribution < 1.29 is 8.42 Å². The van der Waals surface area contributed by atoms with Gasteiger partial charge in [0.15, 0.2) is 0 Å². The van der Waals surface area contributed by atoms with E-state index in [1.807, 2.05) is 44.4 Å². The van der Waals surface area contributed by atoms with Gasteiger partial charge in [-0.1, -0.05) is 12.1 Å². The smallest absolute Gasteiger partial charge is 0.207 e. The molecule has 1 heterocycles. The largest absolute Gasteiger partial charge is 0.242 e. The van der Waals surface area contributed by atoms with Gasteiger partial charge in [0.25, 0.3) is 0 Å². The van der Waals surface area contributed by atoms with Crippen molar-refractivity contribution in [2.45, 2.75) is 29.7 Å². The molecule has 0 spiro atoms. The molecule has 3 nitrogen and oxygen atoms in total. The van der Waals surface area contributed by atoms with Gasteiger partial charge >= 0.3 is 0 Å². The number of rotatable bonds is 5. The van der Waals surface area contributed by atoms with Gasteiger partial charge in [0.05, 0.1) is 8.68 Å². The molecule has 0 aliphatic heterocycles. The second kappa shape index (κ2) is 6.83. The molecule has 1 unspecified atom stereocenters. The van der Waals surface area contributed by atoms with Gasteiger partial charge < -0.3 is 0 Å². The number of aryl methyl sites for hydroxylation is 1. The number of thiophene rings is 1. The summed E-state index contributed by atoms with van der Waals surface area (Å²) in [5.41, 5.74) is 0.948. The van der Waals surface area contributed by atoms with Crippen LogP contribution in [-0.4, -0.2) is 14.7 Å². The van der Waals surface area contributed by atoms with Crippen molar-refractivity contribution in [2.24, 2.45) is 0 Å². The molecule has 1 aromatic heterocycles. The summed E-state index contributed by atoms with van der Waals surface area (Å²) in [5, 5.41) is 0. The van der Waals surface area contributed by atoms with Gasteiger partial charge in [-0.2, -0.15) is 0 Å². The zero-order valence-corrected chi connectivity index (χ0v) is 15.9. The quantitative estimate of drug-likeness (QED) is 0.740. The number of hydrogen-bond acceptors (Lipinski definition) is 4. The molecule has 0 fully saturated rings. The van der Waals surface area contributed by atoms with E-state index in [4.69, 9.17) is 0 Å². The molecule has 114 valence electrons. The van der Waals surface area contributed by atoms with Crippen LogP contribution in [0.5, 0.6) is 0 Å². The molecule has 0 aliphatic rings. The molecule has 7 heteroatoms. The number of halogens is 1. The lowest BCUT2D eigenvalue weighted by atomic mass is 10.1. The van der Waals surface area contributed by atoms with Crippen molar-refractivity contribution in [1.82, 2.24) is 4.72 Å². The fraction of sp³-hybridized carbons (Fsp3) is 0.286. The third kappa shape index (κ3) is 4.10. The highest BCUT2D eigenvalue weighted by molar-refractivity contribution is 9.11. The fourth-order valence-electron chi connectivity index (χ4n) is 1.95. The zero-order chi connectivity index (χ0) is 15.6. The van der Waals surface area contributed by atoms with E-state index < -0.39 is 10.0 Å². The van der Waals surface area contributed by atoms with E-state index in [0.717, 1.165) is 19.1 Å². The Balaban J connectivity index is 2.21. The third-order valence-corrected chi connectivity index (χ3v) is 7.17. The molecule has 0 radical (unpaired) electrons. The average Bonchev–Trinajstić information content (AvgIpc) is 2.78. The van der Waals surface area contributed by atoms with E-state index >= 15 is 0 Å². The van der Waals surface area contributed by atoms with E-state index in [0.29, 0.717) is 4.90 Å². The molecular formula is C14H16BrNO2S3. The first-order valence-electron chi connectivity index (χ1n) is 6.25. The van der Waals surface area contributed by atoms with Gasteiger partial charge in [0.2, 0.25) is 10.0 Å². The zero-order valence-electron chi connectivity index (χ0n) is 11.9. The Hall–Kier alpha value is -0.340. The van der Waals surface area contributed by atoms with Crippen molar-refractivity contribution in [1.29, 1.82) is 0 Å². The van der Waals surface area contributed by atoms with E-state index in [-0.39, 0.29) is 6.04 Å². The summed E-state index contributed by atoms with van der Waals surface area (Å²) in [6, 6.07) is 9.27. The van der Waals surface area contributed by atoms with Gasteiger partial charge in [0.1, 0.15) is 0 Å². The van der Waals surface area contributed by atoms with Crippen LogP contribution >= 0.6 is 39.0 Å². The summed E-state index contributed by atoms with van der Waals surface area (Å²) in [6.07, 6.45) is 2.01. The molecule has 0 aliphatic carbocycles. The molecule has 0 saturated heterocycles. The van der Waals surface area contributed by atoms with E-state index in [1.54, 1.807) is 17.8 Å². The maximum Gasteiger partial charge on any atom is 0.242 e. The van der Waals surface area contributed by atoms with Crippen LogP contribution in [0.1, 0.15) is 23.4 Å². The average molecular weight is 406 g/mol. The van der Waals surface area contributed by atoms with Crippen molar-refractivity contribution in [3.63, 3.8) is 0 Å². The highest BCUT2D eigenvalue weighted by atomic mass is 79.9. The molecular weight excluding hydrogens is 390 g/mol. The molecule has 1 atom stereocenters. The van der Waals surface area contributed by atoms with Crippen molar-refractivity contribution in [2.75, 3.05) is 6.26 Å². The topological polar surface area (TPSA) is 46.2 Å². The summed E-state index contributed by atoms with van der Waals surface area (Å²) in [6.45, 7) is 3.66. The molecule has 1 N–H and O–H groups in total. The predicted octanol–water partition coefficient (Wildman–Crippen LogP) is 4.58. The van der Waals surface area contributed by atoms with Crippen molar-refractivity contribution >= 4 is 49.1 Å². The first kappa shape index (κ1) is 17.0. The van der Waals surface area contributed by atoms with Crippen LogP contribution in [0.15, 0.2) is 43.9 Å². The number of sulfonamides is 1. The molecule has 21 heavy (non-hydrogen) atoms. The van der Waals surface area contributed by atoms with E-state index in [2.05, 4.69) is 20.7 Å². The van der Waals surface area contributed by atoms with E-state index in [9.17, 15) is 8.42 Å². The predicted molar refractivity (Wildman–Crippen MR) is 93.7 cm³/mol. The molecule has 0 bridgehead atoms. The molecule has 2 rings (SSSR count). The Labute approximate surface area is 142 Å². The third-order valence-electron chi connectivity index (χ3n) is 3.08. The monoisotopic (exact) mass is 405 g/mol. The Kier molecular flexibility index (Phi) is 5.54. The Morgan fingerprint density at radius 2 is 1.90 bits per heavy atom. The van der Waals surface area contributed by atoms with E-state index in [1.165, 1.54) is 11.3 Å². The van der Waals surface area contributed by atoms with Gasteiger partial charge in [-0.05, 0) is 59.8 Å². The number of nitrogens with one attached hydrogen (secondary N) is 1. The maximum absolute atomic E-state index is 12.4. The van der Waals surface area contributed by atoms with Crippen LogP contribution < -0.4 is 4.72 Å². The second-order valence-corrected chi connectivity index (χ2v) is 9.78. The van der Waals surface area contributed by atoms with Crippen molar-refractivity contribution in [3.05, 3.63) is 44.6 Å². The van der Waals surface area contributed by atoms with Gasteiger partial charge in [0, 0.05) is 15.8 Å². The van der Waals surface area contributed by atoms with Crippen LogP contribution in [0.4, 0.5) is 0 Å². The van der Waals surface area contributed by atoms with Crippen LogP contribution in [0.2, 0.25) is 0 Å². The normalized spacial score (nSPS) is 13.3. The summed E-state index contributed by atoms with van der Waals surface area (Å²) < 4.78 is 28.4. The highest BCUT2D eigenvalue weighted by Gasteiger charge is 2.22. The fourth-order valence-corrected chi connectivity index (χ4v) is 6.01. The van der Waals surface area contributed by atoms with Crippen LogP contribution in [0.3, 0.4) is 0 Å².